The molecule has 1 amide bonds. The number of hydrogen-bond acceptors (Lipinski definition) is 4. The Hall–Kier alpha value is -2.61. The molecule has 0 atom stereocenters. The lowest BCUT2D eigenvalue weighted by atomic mass is 10.1. The number of nitrogens with one attached hydrogen (secondary N) is 1. The second-order valence-electron chi connectivity index (χ2n) is 4.56. The number of carbonyl (C=O) groups excluding carboxylic acids is 1. The second kappa shape index (κ2) is 6.02. The van der Waals surface area contributed by atoms with Gasteiger partial charge in [-0.1, -0.05) is 17.3 Å². The quantitative estimate of drug-likeness (QED) is 0.921. The molecule has 1 aromatic heterocycles. The fourth-order valence-corrected chi connectivity index (χ4v) is 1.88. The lowest BCUT2D eigenvalue weighted by Gasteiger charge is -2.05. The van der Waals surface area contributed by atoms with Gasteiger partial charge in [0.05, 0.1) is 23.7 Å². The largest absolute Gasteiger partial charge is 0.361 e. The molecule has 2 rings (SSSR count). The van der Waals surface area contributed by atoms with Gasteiger partial charge in [-0.25, -0.2) is 0 Å². The number of benzene rings is 1. The Morgan fingerprint density at radius 1 is 1.35 bits per heavy atom. The van der Waals surface area contributed by atoms with Crippen LogP contribution in [0, 0.1) is 25.2 Å². The van der Waals surface area contributed by atoms with Crippen molar-refractivity contribution in [1.82, 2.24) is 10.5 Å². The van der Waals surface area contributed by atoms with E-state index in [4.69, 9.17) is 9.78 Å². The third-order valence-corrected chi connectivity index (χ3v) is 3.09. The third-order valence-electron chi connectivity index (χ3n) is 3.09. The highest BCUT2D eigenvalue weighted by molar-refractivity contribution is 5.78. The third kappa shape index (κ3) is 3.23. The summed E-state index contributed by atoms with van der Waals surface area (Å²) in [5.41, 5.74) is 3.14. The molecule has 1 heterocycles. The van der Waals surface area contributed by atoms with E-state index >= 15 is 0 Å². The number of rotatable bonds is 4. The number of aromatic nitrogens is 1. The van der Waals surface area contributed by atoms with Crippen LogP contribution in [0.25, 0.3) is 0 Å². The highest BCUT2D eigenvalue weighted by Crippen LogP contribution is 2.12. The van der Waals surface area contributed by atoms with Crippen molar-refractivity contribution in [2.24, 2.45) is 0 Å². The minimum atomic E-state index is -0.0799. The van der Waals surface area contributed by atoms with Crippen LogP contribution in [0.1, 0.15) is 28.1 Å². The maximum absolute atomic E-state index is 11.9. The maximum Gasteiger partial charge on any atom is 0.224 e. The van der Waals surface area contributed by atoms with Gasteiger partial charge in [0.1, 0.15) is 5.76 Å². The van der Waals surface area contributed by atoms with Crippen LogP contribution in [0.2, 0.25) is 0 Å². The van der Waals surface area contributed by atoms with Crippen molar-refractivity contribution in [2.45, 2.75) is 26.8 Å². The molecule has 0 fully saturated rings. The summed E-state index contributed by atoms with van der Waals surface area (Å²) in [6.45, 7) is 4.05. The van der Waals surface area contributed by atoms with Gasteiger partial charge in [0.15, 0.2) is 0 Å². The minimum Gasteiger partial charge on any atom is -0.361 e. The molecule has 0 radical (unpaired) electrons. The Labute approximate surface area is 117 Å². The van der Waals surface area contributed by atoms with E-state index in [1.165, 1.54) is 0 Å². The van der Waals surface area contributed by atoms with Crippen LogP contribution in [0.3, 0.4) is 0 Å². The average Bonchev–Trinajstić information content (AvgIpc) is 2.77. The molecule has 5 nitrogen and oxygen atoms in total. The standard InChI is InChI=1S/C15H15N3O2/c1-10-14(11(2)20-18-10)7-15(19)17-9-13-5-3-12(8-16)4-6-13/h3-6H,7,9H2,1-2H3,(H,17,19). The zero-order valence-corrected chi connectivity index (χ0v) is 11.4. The summed E-state index contributed by atoms with van der Waals surface area (Å²) in [6, 6.07) is 9.18. The lowest BCUT2D eigenvalue weighted by molar-refractivity contribution is -0.120. The fraction of sp³-hybridized carbons (Fsp3) is 0.267. The number of nitrogens with zero attached hydrogens (tertiary/aromatic N) is 2. The van der Waals surface area contributed by atoms with E-state index in [2.05, 4.69) is 16.5 Å². The first-order valence-corrected chi connectivity index (χ1v) is 6.27. The van der Waals surface area contributed by atoms with Crippen molar-refractivity contribution in [3.05, 3.63) is 52.4 Å². The zero-order chi connectivity index (χ0) is 14.5. The molecule has 1 N–H and O–H groups in total. The Kier molecular flexibility index (Phi) is 4.16. The number of aryl methyl sites for hydroxylation is 2. The maximum atomic E-state index is 11.9. The van der Waals surface area contributed by atoms with E-state index in [0.717, 1.165) is 16.8 Å². The van der Waals surface area contributed by atoms with Crippen LogP contribution in [-0.2, 0) is 17.8 Å². The van der Waals surface area contributed by atoms with E-state index in [1.807, 2.05) is 19.1 Å². The van der Waals surface area contributed by atoms with Crippen LogP contribution in [0.5, 0.6) is 0 Å². The Bertz CT molecular complexity index is 631. The normalized spacial score (nSPS) is 10.1. The van der Waals surface area contributed by atoms with Crippen LogP contribution in [-0.4, -0.2) is 11.1 Å². The number of nitriles is 1. The molecule has 0 aliphatic rings. The molecule has 20 heavy (non-hydrogen) atoms. The minimum absolute atomic E-state index is 0.0799. The summed E-state index contributed by atoms with van der Waals surface area (Å²) in [4.78, 5) is 11.9. The molecular weight excluding hydrogens is 254 g/mol. The molecule has 5 heteroatoms. The summed E-state index contributed by atoms with van der Waals surface area (Å²) in [6.07, 6.45) is 0.261. The van der Waals surface area contributed by atoms with Crippen molar-refractivity contribution < 1.29 is 9.32 Å². The average molecular weight is 269 g/mol. The Morgan fingerprint density at radius 2 is 2.05 bits per heavy atom. The van der Waals surface area contributed by atoms with Gasteiger partial charge in [0, 0.05) is 12.1 Å². The molecule has 0 aliphatic heterocycles. The van der Waals surface area contributed by atoms with Gasteiger partial charge in [-0.15, -0.1) is 0 Å². The number of amides is 1. The summed E-state index contributed by atoms with van der Waals surface area (Å²) in [7, 11) is 0. The highest BCUT2D eigenvalue weighted by atomic mass is 16.5. The molecule has 0 aliphatic carbocycles. The first-order chi connectivity index (χ1) is 9.60. The summed E-state index contributed by atoms with van der Waals surface area (Å²) in [5.74, 6) is 0.597. The first-order valence-electron chi connectivity index (χ1n) is 6.27. The van der Waals surface area contributed by atoms with E-state index in [0.29, 0.717) is 17.9 Å². The highest BCUT2D eigenvalue weighted by Gasteiger charge is 2.13. The van der Waals surface area contributed by atoms with E-state index < -0.39 is 0 Å². The summed E-state index contributed by atoms with van der Waals surface area (Å²) in [5, 5.41) is 15.4. The molecule has 2 aromatic rings. The van der Waals surface area contributed by atoms with E-state index in [1.54, 1.807) is 19.1 Å². The molecule has 0 saturated carbocycles. The monoisotopic (exact) mass is 269 g/mol. The SMILES string of the molecule is Cc1noc(C)c1CC(=O)NCc1ccc(C#N)cc1. The predicted molar refractivity (Wildman–Crippen MR) is 72.7 cm³/mol. The van der Waals surface area contributed by atoms with Crippen molar-refractivity contribution in [3.63, 3.8) is 0 Å². The van der Waals surface area contributed by atoms with Crippen molar-refractivity contribution in [1.29, 1.82) is 5.26 Å². The van der Waals surface area contributed by atoms with Crippen molar-refractivity contribution in [2.75, 3.05) is 0 Å². The van der Waals surface area contributed by atoms with Gasteiger partial charge in [-0.05, 0) is 31.5 Å². The van der Waals surface area contributed by atoms with Gasteiger partial charge in [-0.3, -0.25) is 4.79 Å². The van der Waals surface area contributed by atoms with Crippen LogP contribution in [0.15, 0.2) is 28.8 Å². The summed E-state index contributed by atoms with van der Waals surface area (Å²) < 4.78 is 5.02. The van der Waals surface area contributed by atoms with Gasteiger partial charge in [-0.2, -0.15) is 5.26 Å². The van der Waals surface area contributed by atoms with Gasteiger partial charge < -0.3 is 9.84 Å². The first kappa shape index (κ1) is 13.8. The summed E-state index contributed by atoms with van der Waals surface area (Å²) >= 11 is 0. The van der Waals surface area contributed by atoms with E-state index in [-0.39, 0.29) is 12.3 Å². The zero-order valence-electron chi connectivity index (χ0n) is 11.4. The Balaban J connectivity index is 1.91. The second-order valence-corrected chi connectivity index (χ2v) is 4.56. The molecule has 0 bridgehead atoms. The van der Waals surface area contributed by atoms with Gasteiger partial charge in [0.25, 0.3) is 0 Å². The smallest absolute Gasteiger partial charge is 0.224 e. The Morgan fingerprint density at radius 3 is 2.60 bits per heavy atom. The van der Waals surface area contributed by atoms with Gasteiger partial charge >= 0.3 is 0 Å². The van der Waals surface area contributed by atoms with Gasteiger partial charge in [0.2, 0.25) is 5.91 Å². The molecule has 0 unspecified atom stereocenters. The number of carbonyl (C=O) groups is 1. The predicted octanol–water partition coefficient (Wildman–Crippen LogP) is 2.02. The van der Waals surface area contributed by atoms with E-state index in [9.17, 15) is 4.79 Å². The molecule has 0 saturated heterocycles. The lowest BCUT2D eigenvalue weighted by Crippen LogP contribution is -2.24. The molecule has 102 valence electrons. The van der Waals surface area contributed by atoms with Crippen LogP contribution in [0.4, 0.5) is 0 Å². The van der Waals surface area contributed by atoms with Crippen LogP contribution < -0.4 is 5.32 Å². The van der Waals surface area contributed by atoms with Crippen LogP contribution >= 0.6 is 0 Å². The topological polar surface area (TPSA) is 78.9 Å². The molecular formula is C15H15N3O2. The molecule has 0 spiro atoms. The van der Waals surface area contributed by atoms with Crippen molar-refractivity contribution >= 4 is 5.91 Å². The molecule has 1 aromatic carbocycles. The fourth-order valence-electron chi connectivity index (χ4n) is 1.88. The van der Waals surface area contributed by atoms with Crippen molar-refractivity contribution in [3.8, 4) is 6.07 Å². The number of hydrogen-bond donors (Lipinski definition) is 1.